The number of aliphatic hydroxyl groups is 1. The van der Waals surface area contributed by atoms with E-state index in [-0.39, 0.29) is 24.6 Å². The van der Waals surface area contributed by atoms with Crippen molar-refractivity contribution in [2.75, 3.05) is 19.7 Å². The van der Waals surface area contributed by atoms with Gasteiger partial charge in [0.1, 0.15) is 0 Å². The third-order valence-corrected chi connectivity index (χ3v) is 2.60. The second-order valence-electron chi connectivity index (χ2n) is 4.02. The largest absolute Gasteiger partial charge is 0.394 e. The highest BCUT2D eigenvalue weighted by Crippen LogP contribution is 2.19. The minimum absolute atomic E-state index is 0. The van der Waals surface area contributed by atoms with Crippen LogP contribution in [0.5, 0.6) is 0 Å². The van der Waals surface area contributed by atoms with Crippen molar-refractivity contribution in [2.24, 2.45) is 0 Å². The van der Waals surface area contributed by atoms with Crippen molar-refractivity contribution in [2.45, 2.75) is 38.6 Å². The highest BCUT2D eigenvalue weighted by molar-refractivity contribution is 5.85. The molecule has 1 N–H and O–H groups in total. The van der Waals surface area contributed by atoms with Gasteiger partial charge in [-0.15, -0.1) is 12.4 Å². The molecular weight excluding hydrogens is 174 g/mol. The summed E-state index contributed by atoms with van der Waals surface area (Å²) in [4.78, 5) is 2.39. The Kier molecular flexibility index (Phi) is 5.14. The Bertz CT molecular complexity index is 122. The summed E-state index contributed by atoms with van der Waals surface area (Å²) >= 11 is 0. The molecule has 12 heavy (non-hydrogen) atoms. The number of halogens is 1. The van der Waals surface area contributed by atoms with Gasteiger partial charge in [0.2, 0.25) is 0 Å². The number of hydrogen-bond donors (Lipinski definition) is 1. The smallest absolute Gasteiger partial charge is 0.0610 e. The van der Waals surface area contributed by atoms with Gasteiger partial charge in [-0.2, -0.15) is 0 Å². The molecular formula is C9H20ClNO. The molecule has 0 spiro atoms. The predicted octanol–water partition coefficient (Wildman–Crippen LogP) is 1.67. The summed E-state index contributed by atoms with van der Waals surface area (Å²) in [5.41, 5.74) is 0.000417. The highest BCUT2D eigenvalue weighted by Gasteiger charge is 2.26. The molecule has 0 atom stereocenters. The van der Waals surface area contributed by atoms with E-state index in [0.717, 1.165) is 13.1 Å². The summed E-state index contributed by atoms with van der Waals surface area (Å²) < 4.78 is 0. The van der Waals surface area contributed by atoms with Crippen molar-refractivity contribution in [3.63, 3.8) is 0 Å². The molecule has 0 aromatic heterocycles. The van der Waals surface area contributed by atoms with E-state index in [2.05, 4.69) is 18.7 Å². The van der Waals surface area contributed by atoms with Crippen molar-refractivity contribution >= 4 is 12.4 Å². The normalized spacial score (nSPS) is 20.2. The monoisotopic (exact) mass is 193 g/mol. The van der Waals surface area contributed by atoms with Crippen molar-refractivity contribution in [1.82, 2.24) is 4.90 Å². The van der Waals surface area contributed by atoms with E-state index in [0.29, 0.717) is 0 Å². The second-order valence-corrected chi connectivity index (χ2v) is 4.02. The number of piperidine rings is 1. The molecule has 0 amide bonds. The Hall–Kier alpha value is 0.210. The average Bonchev–Trinajstić information content (AvgIpc) is 2.06. The number of likely N-dealkylation sites (tertiary alicyclic amines) is 1. The van der Waals surface area contributed by atoms with Gasteiger partial charge in [-0.25, -0.2) is 0 Å². The molecule has 0 radical (unpaired) electrons. The zero-order valence-corrected chi connectivity index (χ0v) is 8.86. The molecule has 0 bridgehead atoms. The molecule has 1 heterocycles. The molecule has 2 nitrogen and oxygen atoms in total. The third kappa shape index (κ3) is 2.92. The quantitative estimate of drug-likeness (QED) is 0.721. The standard InChI is InChI=1S/C9H19NO.ClH/c1-9(2,8-11)10-6-4-3-5-7-10;/h11H,3-8H2,1-2H3;1H. The summed E-state index contributed by atoms with van der Waals surface area (Å²) in [6, 6.07) is 0. The SMILES string of the molecule is CC(C)(CO)N1CCCCC1.Cl. The molecule has 3 heteroatoms. The van der Waals surface area contributed by atoms with Gasteiger partial charge >= 0.3 is 0 Å². The Morgan fingerprint density at radius 1 is 1.17 bits per heavy atom. The van der Waals surface area contributed by atoms with Crippen LogP contribution < -0.4 is 0 Å². The van der Waals surface area contributed by atoms with Gasteiger partial charge in [-0.1, -0.05) is 6.42 Å². The van der Waals surface area contributed by atoms with Crippen LogP contribution in [-0.2, 0) is 0 Å². The zero-order chi connectivity index (χ0) is 8.32. The van der Waals surface area contributed by atoms with Crippen LogP contribution in [-0.4, -0.2) is 35.2 Å². The molecule has 1 aliphatic heterocycles. The lowest BCUT2D eigenvalue weighted by Gasteiger charge is -2.39. The summed E-state index contributed by atoms with van der Waals surface area (Å²) in [6.07, 6.45) is 3.95. The van der Waals surface area contributed by atoms with Gasteiger partial charge in [0, 0.05) is 5.54 Å². The Morgan fingerprint density at radius 2 is 1.67 bits per heavy atom. The van der Waals surface area contributed by atoms with Gasteiger partial charge in [0.25, 0.3) is 0 Å². The molecule has 0 aromatic rings. The minimum Gasteiger partial charge on any atom is -0.394 e. The van der Waals surface area contributed by atoms with Crippen molar-refractivity contribution < 1.29 is 5.11 Å². The van der Waals surface area contributed by atoms with Gasteiger partial charge in [0.05, 0.1) is 6.61 Å². The molecule has 1 rings (SSSR count). The lowest BCUT2D eigenvalue weighted by atomic mass is 10.00. The van der Waals surface area contributed by atoms with Crippen molar-refractivity contribution in [1.29, 1.82) is 0 Å². The molecule has 1 saturated heterocycles. The fourth-order valence-electron chi connectivity index (χ4n) is 1.60. The van der Waals surface area contributed by atoms with Crippen LogP contribution in [0.3, 0.4) is 0 Å². The summed E-state index contributed by atoms with van der Waals surface area (Å²) in [5, 5.41) is 9.10. The lowest BCUT2D eigenvalue weighted by Crippen LogP contribution is -2.49. The van der Waals surface area contributed by atoms with Crippen LogP contribution in [0.4, 0.5) is 0 Å². The maximum Gasteiger partial charge on any atom is 0.0610 e. The topological polar surface area (TPSA) is 23.5 Å². The fourth-order valence-corrected chi connectivity index (χ4v) is 1.60. The van der Waals surface area contributed by atoms with Crippen LogP contribution in [0.1, 0.15) is 33.1 Å². The van der Waals surface area contributed by atoms with E-state index in [9.17, 15) is 0 Å². The van der Waals surface area contributed by atoms with E-state index < -0.39 is 0 Å². The fraction of sp³-hybridized carbons (Fsp3) is 1.00. The second kappa shape index (κ2) is 5.05. The van der Waals surface area contributed by atoms with Gasteiger partial charge in [-0.3, -0.25) is 4.90 Å². The number of aliphatic hydroxyl groups excluding tert-OH is 1. The van der Waals surface area contributed by atoms with Crippen molar-refractivity contribution in [3.05, 3.63) is 0 Å². The zero-order valence-electron chi connectivity index (χ0n) is 8.05. The first-order valence-corrected chi connectivity index (χ1v) is 4.53. The third-order valence-electron chi connectivity index (χ3n) is 2.60. The van der Waals surface area contributed by atoms with Crippen LogP contribution in [0.25, 0.3) is 0 Å². The molecule has 0 aliphatic carbocycles. The van der Waals surface area contributed by atoms with Crippen LogP contribution >= 0.6 is 12.4 Å². The average molecular weight is 194 g/mol. The van der Waals surface area contributed by atoms with Gasteiger partial charge in [0.15, 0.2) is 0 Å². The van der Waals surface area contributed by atoms with Crippen molar-refractivity contribution in [3.8, 4) is 0 Å². The van der Waals surface area contributed by atoms with E-state index >= 15 is 0 Å². The minimum atomic E-state index is 0. The Balaban J connectivity index is 0.00000121. The first-order chi connectivity index (χ1) is 5.17. The summed E-state index contributed by atoms with van der Waals surface area (Å²) in [6.45, 7) is 6.81. The molecule has 74 valence electrons. The molecule has 0 unspecified atom stereocenters. The maximum absolute atomic E-state index is 9.10. The van der Waals surface area contributed by atoms with Gasteiger partial charge in [-0.05, 0) is 39.8 Å². The molecule has 1 fully saturated rings. The van der Waals surface area contributed by atoms with E-state index in [1.54, 1.807) is 0 Å². The van der Waals surface area contributed by atoms with Crippen LogP contribution in [0.15, 0.2) is 0 Å². The van der Waals surface area contributed by atoms with E-state index in [4.69, 9.17) is 5.11 Å². The molecule has 0 saturated carbocycles. The highest BCUT2D eigenvalue weighted by atomic mass is 35.5. The summed E-state index contributed by atoms with van der Waals surface area (Å²) in [5.74, 6) is 0. The predicted molar refractivity (Wildman–Crippen MR) is 53.8 cm³/mol. The summed E-state index contributed by atoms with van der Waals surface area (Å²) in [7, 11) is 0. The molecule has 0 aromatic carbocycles. The molecule has 1 aliphatic rings. The van der Waals surface area contributed by atoms with E-state index in [1.807, 2.05) is 0 Å². The van der Waals surface area contributed by atoms with Gasteiger partial charge < -0.3 is 5.11 Å². The van der Waals surface area contributed by atoms with Crippen LogP contribution in [0, 0.1) is 0 Å². The van der Waals surface area contributed by atoms with Crippen LogP contribution in [0.2, 0.25) is 0 Å². The first kappa shape index (κ1) is 12.2. The Labute approximate surface area is 81.4 Å². The van der Waals surface area contributed by atoms with E-state index in [1.165, 1.54) is 19.3 Å². The number of nitrogens with zero attached hydrogens (tertiary/aromatic N) is 1. The maximum atomic E-state index is 9.10. The number of hydrogen-bond acceptors (Lipinski definition) is 2. The lowest BCUT2D eigenvalue weighted by molar-refractivity contribution is 0.0424. The number of rotatable bonds is 2. The Morgan fingerprint density at radius 3 is 2.08 bits per heavy atom. The first-order valence-electron chi connectivity index (χ1n) is 4.53.